The number of aromatic nitrogens is 2. The number of hydrogen-bond donors (Lipinski definition) is 1. The van der Waals surface area contributed by atoms with Crippen LogP contribution in [0.3, 0.4) is 0 Å². The first kappa shape index (κ1) is 34.0. The Morgan fingerprint density at radius 1 is 1.02 bits per heavy atom. The minimum absolute atomic E-state index is 0.108. The zero-order chi connectivity index (χ0) is 34.5. The van der Waals surface area contributed by atoms with E-state index < -0.39 is 6.09 Å². The highest BCUT2D eigenvalue weighted by atomic mass is 32.1. The highest BCUT2D eigenvalue weighted by Crippen LogP contribution is 2.44. The number of ether oxygens (including phenoxy) is 4. The molecule has 2 aromatic heterocycles. The van der Waals surface area contributed by atoms with Crippen LogP contribution in [0.25, 0.3) is 10.9 Å². The number of benzene rings is 1. The van der Waals surface area contributed by atoms with Crippen LogP contribution in [0.15, 0.2) is 23.0 Å². The van der Waals surface area contributed by atoms with Crippen molar-refractivity contribution in [2.75, 3.05) is 85.2 Å². The summed E-state index contributed by atoms with van der Waals surface area (Å²) in [5.41, 5.74) is 3.24. The second-order valence-corrected chi connectivity index (χ2v) is 12.9. The number of fused-ring (bicyclic) bond motifs is 5. The maximum absolute atomic E-state index is 14.0. The number of methoxy groups -OCH3 is 3. The molecule has 2 fully saturated rings. The number of nitrogens with one attached hydrogen (secondary N) is 1. The van der Waals surface area contributed by atoms with Crippen LogP contribution in [0.5, 0.6) is 17.2 Å². The van der Waals surface area contributed by atoms with Crippen molar-refractivity contribution >= 4 is 51.9 Å². The molecule has 2 saturated heterocycles. The van der Waals surface area contributed by atoms with Crippen molar-refractivity contribution in [1.82, 2.24) is 30.0 Å². The summed E-state index contributed by atoms with van der Waals surface area (Å²) in [4.78, 5) is 69.1. The molecule has 1 N–H and O–H groups in total. The number of hydrogen-bond acceptors (Lipinski definition) is 12. The van der Waals surface area contributed by atoms with Crippen molar-refractivity contribution in [3.05, 3.63) is 34.3 Å². The Labute approximate surface area is 288 Å². The predicted molar refractivity (Wildman–Crippen MR) is 180 cm³/mol. The Hall–Kier alpha value is -4.86. The third-order valence-electron chi connectivity index (χ3n) is 9.16. The summed E-state index contributed by atoms with van der Waals surface area (Å²) in [7, 11) is 4.64. The van der Waals surface area contributed by atoms with Crippen molar-refractivity contribution in [2.24, 2.45) is 5.92 Å². The minimum atomic E-state index is -0.545. The molecule has 3 aromatic rings. The molecule has 0 spiro atoms. The van der Waals surface area contributed by atoms with Gasteiger partial charge in [0.25, 0.3) is 5.91 Å². The van der Waals surface area contributed by atoms with E-state index in [-0.39, 0.29) is 75.1 Å². The van der Waals surface area contributed by atoms with Gasteiger partial charge < -0.3 is 39.0 Å². The van der Waals surface area contributed by atoms with Crippen LogP contribution < -0.4 is 24.4 Å². The molecular formula is C33H41N7O8S. The molecule has 0 saturated carbocycles. The van der Waals surface area contributed by atoms with E-state index in [2.05, 4.69) is 15.2 Å². The summed E-state index contributed by atoms with van der Waals surface area (Å²) in [6, 6.07) is 3.77. The summed E-state index contributed by atoms with van der Waals surface area (Å²) in [5, 5.41) is 5.41. The van der Waals surface area contributed by atoms with Crippen LogP contribution in [-0.4, -0.2) is 129 Å². The lowest BCUT2D eigenvalue weighted by molar-refractivity contribution is -0.132. The number of anilines is 1. The summed E-state index contributed by atoms with van der Waals surface area (Å²) < 4.78 is 22.2. The monoisotopic (exact) mass is 695 g/mol. The third-order valence-corrected chi connectivity index (χ3v) is 9.74. The molecule has 262 valence electrons. The van der Waals surface area contributed by atoms with Crippen LogP contribution in [-0.2, 0) is 20.9 Å². The number of cyclic esters (lactones) is 1. The predicted octanol–water partition coefficient (Wildman–Crippen LogP) is 2.38. The molecule has 16 heteroatoms. The molecule has 1 aromatic carbocycles. The molecule has 6 rings (SSSR count). The molecule has 49 heavy (non-hydrogen) atoms. The second kappa shape index (κ2) is 15.1. The highest BCUT2D eigenvalue weighted by Gasteiger charge is 2.31. The summed E-state index contributed by atoms with van der Waals surface area (Å²) in [6.07, 6.45) is 1.39. The third kappa shape index (κ3) is 7.43. The number of thiazole rings is 1. The van der Waals surface area contributed by atoms with E-state index in [1.165, 1.54) is 23.3 Å². The van der Waals surface area contributed by atoms with Gasteiger partial charge in [-0.25, -0.2) is 14.8 Å². The average molecular weight is 696 g/mol. The average Bonchev–Trinajstić information content (AvgIpc) is 3.80. The first-order valence-electron chi connectivity index (χ1n) is 16.3. The molecule has 2 bridgehead atoms. The van der Waals surface area contributed by atoms with Crippen LogP contribution in [0.1, 0.15) is 35.3 Å². The molecule has 0 radical (unpaired) electrons. The largest absolute Gasteiger partial charge is 0.493 e. The second-order valence-electron chi connectivity index (χ2n) is 12.2. The Bertz CT molecular complexity index is 1700. The molecule has 5 heterocycles. The fraction of sp³-hybridized carbons (Fsp3) is 0.515. The highest BCUT2D eigenvalue weighted by molar-refractivity contribution is 7.07. The Balaban J connectivity index is 1.44. The van der Waals surface area contributed by atoms with Crippen molar-refractivity contribution in [2.45, 2.75) is 25.8 Å². The lowest BCUT2D eigenvalue weighted by Gasteiger charge is -2.36. The smallest absolute Gasteiger partial charge is 0.410 e. The normalized spacial score (nSPS) is 19.0. The first-order chi connectivity index (χ1) is 23.8. The van der Waals surface area contributed by atoms with E-state index in [4.69, 9.17) is 23.9 Å². The fourth-order valence-corrected chi connectivity index (χ4v) is 7.11. The summed E-state index contributed by atoms with van der Waals surface area (Å²) in [6.45, 7) is 2.77. The molecular weight excluding hydrogens is 654 g/mol. The lowest BCUT2D eigenvalue weighted by atomic mass is 9.97. The Kier molecular flexibility index (Phi) is 10.5. The number of piperidine rings is 1. The number of pyridine rings is 1. The van der Waals surface area contributed by atoms with Gasteiger partial charge in [0.15, 0.2) is 11.5 Å². The topological polar surface area (TPSA) is 156 Å². The van der Waals surface area contributed by atoms with E-state index in [9.17, 15) is 19.2 Å². The molecule has 3 aliphatic rings. The van der Waals surface area contributed by atoms with Crippen LogP contribution in [0, 0.1) is 5.92 Å². The minimum Gasteiger partial charge on any atom is -0.493 e. The SMILES string of the molecule is COc1cc2nc3c(cc2c(OC)c1OC)CN(C(=O)CN1CCOC1=O)CCN(C(=O)c1cscn1)CCC(=O)NCC1CCCN3C1. The number of nitrogens with zero attached hydrogens (tertiary/aromatic N) is 6. The molecule has 3 aliphatic heterocycles. The fourth-order valence-electron chi connectivity index (χ4n) is 6.59. The van der Waals surface area contributed by atoms with Gasteiger partial charge >= 0.3 is 6.09 Å². The molecule has 0 aliphatic carbocycles. The summed E-state index contributed by atoms with van der Waals surface area (Å²) >= 11 is 1.31. The van der Waals surface area contributed by atoms with Crippen LogP contribution >= 0.6 is 11.3 Å². The van der Waals surface area contributed by atoms with Crippen LogP contribution in [0.2, 0.25) is 0 Å². The van der Waals surface area contributed by atoms with Gasteiger partial charge in [0.05, 0.1) is 38.9 Å². The molecule has 15 nitrogen and oxygen atoms in total. The van der Waals surface area contributed by atoms with Crippen molar-refractivity contribution in [3.8, 4) is 17.2 Å². The Morgan fingerprint density at radius 2 is 1.84 bits per heavy atom. The zero-order valence-electron chi connectivity index (χ0n) is 27.9. The number of carbonyl (C=O) groups is 4. The van der Waals surface area contributed by atoms with Gasteiger partial charge in [-0.15, -0.1) is 11.3 Å². The zero-order valence-corrected chi connectivity index (χ0v) is 28.8. The number of amides is 4. The molecule has 4 amide bonds. The number of carbonyl (C=O) groups excluding carboxylic acids is 4. The van der Waals surface area contributed by atoms with Gasteiger partial charge in [-0.05, 0) is 24.8 Å². The molecule has 1 atom stereocenters. The van der Waals surface area contributed by atoms with Crippen molar-refractivity contribution in [1.29, 1.82) is 0 Å². The quantitative estimate of drug-likeness (QED) is 0.404. The van der Waals surface area contributed by atoms with Gasteiger partial charge in [0, 0.05) is 74.6 Å². The lowest BCUT2D eigenvalue weighted by Crippen LogP contribution is -2.45. The van der Waals surface area contributed by atoms with Gasteiger partial charge in [-0.2, -0.15) is 0 Å². The Morgan fingerprint density at radius 3 is 2.55 bits per heavy atom. The van der Waals surface area contributed by atoms with Crippen molar-refractivity contribution < 1.29 is 38.1 Å². The summed E-state index contributed by atoms with van der Waals surface area (Å²) in [5.74, 6) is 1.40. The maximum atomic E-state index is 14.0. The van der Waals surface area contributed by atoms with E-state index in [0.29, 0.717) is 53.6 Å². The first-order valence-corrected chi connectivity index (χ1v) is 17.2. The standard InChI is InChI=1S/C33H41N7O8S/c1-45-26-14-24-23(29(46-2)30(26)47-3)13-22-17-38(28(42)18-40-11-12-48-33(40)44)10-9-37(32(43)25-19-49-20-35-25)8-6-27(41)34-15-21-5-4-7-39(16-21)31(22)36-24/h13-14,19-21H,4-12,15-18H2,1-3H3,(H,34,41). The van der Waals surface area contributed by atoms with Gasteiger partial charge in [0.1, 0.15) is 24.7 Å². The van der Waals surface area contributed by atoms with Crippen LogP contribution in [0.4, 0.5) is 10.6 Å². The van der Waals surface area contributed by atoms with E-state index in [0.717, 1.165) is 24.9 Å². The van der Waals surface area contributed by atoms with Gasteiger partial charge in [-0.3, -0.25) is 19.3 Å². The van der Waals surface area contributed by atoms with Crippen molar-refractivity contribution in [3.63, 3.8) is 0 Å². The van der Waals surface area contributed by atoms with E-state index in [1.807, 2.05) is 6.07 Å². The van der Waals surface area contributed by atoms with Gasteiger partial charge in [-0.1, -0.05) is 0 Å². The number of rotatable bonds is 6. The van der Waals surface area contributed by atoms with E-state index in [1.54, 1.807) is 41.0 Å². The van der Waals surface area contributed by atoms with Gasteiger partial charge in [0.2, 0.25) is 17.6 Å². The molecule has 1 unspecified atom stereocenters. The maximum Gasteiger partial charge on any atom is 0.410 e. The van der Waals surface area contributed by atoms with E-state index >= 15 is 0 Å².